The van der Waals surface area contributed by atoms with Gasteiger partial charge in [-0.1, -0.05) is 28.9 Å². The summed E-state index contributed by atoms with van der Waals surface area (Å²) in [6.07, 6.45) is 0.360. The van der Waals surface area contributed by atoms with Crippen LogP contribution in [-0.2, 0) is 4.79 Å². The van der Waals surface area contributed by atoms with Crippen LogP contribution in [0, 0.1) is 0 Å². The van der Waals surface area contributed by atoms with Gasteiger partial charge >= 0.3 is 0 Å². The van der Waals surface area contributed by atoms with Crippen LogP contribution in [0.5, 0.6) is 0 Å². The van der Waals surface area contributed by atoms with Crippen LogP contribution in [0.2, 0.25) is 5.02 Å². The first-order valence-corrected chi connectivity index (χ1v) is 8.40. The summed E-state index contributed by atoms with van der Waals surface area (Å²) >= 11 is 7.56. The van der Waals surface area contributed by atoms with E-state index in [9.17, 15) is 4.79 Å². The van der Waals surface area contributed by atoms with Crippen LogP contribution < -0.4 is 4.90 Å². The van der Waals surface area contributed by atoms with Crippen molar-refractivity contribution >= 4 is 34.5 Å². The van der Waals surface area contributed by atoms with Crippen LogP contribution in [0.1, 0.15) is 18.2 Å². The Labute approximate surface area is 141 Å². The SMILES string of the molecule is O=C1C[C@H](c2nc(-c3cccs3)no2)CN1c1cccc(Cl)c1. The van der Waals surface area contributed by atoms with E-state index in [0.717, 1.165) is 10.6 Å². The highest BCUT2D eigenvalue weighted by Crippen LogP contribution is 2.33. The summed E-state index contributed by atoms with van der Waals surface area (Å²) in [6, 6.07) is 11.2. The molecule has 1 aliphatic rings. The lowest BCUT2D eigenvalue weighted by Gasteiger charge is -2.16. The van der Waals surface area contributed by atoms with E-state index < -0.39 is 0 Å². The molecule has 0 radical (unpaired) electrons. The second-order valence-electron chi connectivity index (χ2n) is 5.32. The van der Waals surface area contributed by atoms with Crippen LogP contribution in [0.4, 0.5) is 5.69 Å². The number of halogens is 1. The third-order valence-corrected chi connectivity index (χ3v) is 4.88. The van der Waals surface area contributed by atoms with Gasteiger partial charge in [-0.25, -0.2) is 0 Å². The quantitative estimate of drug-likeness (QED) is 0.720. The fourth-order valence-corrected chi connectivity index (χ4v) is 3.51. The predicted octanol–water partition coefficient (Wildman–Crippen LogP) is 3.97. The maximum absolute atomic E-state index is 12.3. The number of thiophene rings is 1. The second-order valence-corrected chi connectivity index (χ2v) is 6.70. The lowest BCUT2D eigenvalue weighted by atomic mass is 10.1. The number of anilines is 1. The molecule has 7 heteroatoms. The van der Waals surface area contributed by atoms with Gasteiger partial charge in [0.05, 0.1) is 10.8 Å². The molecule has 5 nitrogen and oxygen atoms in total. The third-order valence-electron chi connectivity index (χ3n) is 3.78. The zero-order valence-corrected chi connectivity index (χ0v) is 13.5. The predicted molar refractivity (Wildman–Crippen MR) is 88.8 cm³/mol. The van der Waals surface area contributed by atoms with Crippen molar-refractivity contribution in [2.75, 3.05) is 11.4 Å². The van der Waals surface area contributed by atoms with E-state index in [1.54, 1.807) is 28.4 Å². The molecule has 0 saturated carbocycles. The Hall–Kier alpha value is -2.18. The summed E-state index contributed by atoms with van der Waals surface area (Å²) in [6.45, 7) is 0.519. The molecule has 1 saturated heterocycles. The van der Waals surface area contributed by atoms with Crippen LogP contribution in [-0.4, -0.2) is 22.6 Å². The largest absolute Gasteiger partial charge is 0.339 e. The first kappa shape index (κ1) is 14.4. The van der Waals surface area contributed by atoms with Crippen molar-refractivity contribution in [1.29, 1.82) is 0 Å². The Balaban J connectivity index is 1.57. The van der Waals surface area contributed by atoms with E-state index in [2.05, 4.69) is 10.1 Å². The molecule has 3 heterocycles. The highest BCUT2D eigenvalue weighted by atomic mass is 35.5. The van der Waals surface area contributed by atoms with Crippen molar-refractivity contribution in [1.82, 2.24) is 10.1 Å². The molecule has 116 valence electrons. The Kier molecular flexibility index (Phi) is 3.63. The van der Waals surface area contributed by atoms with Crippen LogP contribution in [0.25, 0.3) is 10.7 Å². The minimum Gasteiger partial charge on any atom is -0.339 e. The maximum Gasteiger partial charge on any atom is 0.232 e. The molecule has 1 aromatic carbocycles. The molecule has 1 atom stereocenters. The van der Waals surface area contributed by atoms with Gasteiger partial charge < -0.3 is 9.42 Å². The van der Waals surface area contributed by atoms with E-state index in [-0.39, 0.29) is 11.8 Å². The fraction of sp³-hybridized carbons (Fsp3) is 0.188. The van der Waals surface area contributed by atoms with Gasteiger partial charge in [-0.05, 0) is 29.6 Å². The molecule has 1 amide bonds. The highest BCUT2D eigenvalue weighted by molar-refractivity contribution is 7.13. The number of hydrogen-bond acceptors (Lipinski definition) is 5. The Morgan fingerprint density at radius 3 is 3.00 bits per heavy atom. The van der Waals surface area contributed by atoms with Crippen molar-refractivity contribution in [2.24, 2.45) is 0 Å². The van der Waals surface area contributed by atoms with Gasteiger partial charge in [-0.2, -0.15) is 4.98 Å². The van der Waals surface area contributed by atoms with Crippen LogP contribution in [0.15, 0.2) is 46.3 Å². The highest BCUT2D eigenvalue weighted by Gasteiger charge is 2.35. The van der Waals surface area contributed by atoms with Gasteiger partial charge in [0.1, 0.15) is 0 Å². The summed E-state index contributed by atoms with van der Waals surface area (Å²) < 4.78 is 5.37. The lowest BCUT2D eigenvalue weighted by molar-refractivity contribution is -0.117. The molecule has 0 spiro atoms. The van der Waals surface area contributed by atoms with E-state index in [1.165, 1.54) is 0 Å². The molecule has 1 aliphatic heterocycles. The summed E-state index contributed by atoms with van der Waals surface area (Å²) in [5, 5.41) is 6.59. The molecular formula is C16H12ClN3O2S. The average molecular weight is 346 g/mol. The maximum atomic E-state index is 12.3. The second kappa shape index (κ2) is 5.79. The summed E-state index contributed by atoms with van der Waals surface area (Å²) in [5.41, 5.74) is 0.794. The number of amides is 1. The summed E-state index contributed by atoms with van der Waals surface area (Å²) in [7, 11) is 0. The number of carbonyl (C=O) groups excluding carboxylic acids is 1. The zero-order valence-electron chi connectivity index (χ0n) is 12.0. The number of hydrogen-bond donors (Lipinski definition) is 0. The van der Waals surface area contributed by atoms with Crippen molar-refractivity contribution in [2.45, 2.75) is 12.3 Å². The van der Waals surface area contributed by atoms with Gasteiger partial charge in [0, 0.05) is 23.7 Å². The molecule has 0 bridgehead atoms. The van der Waals surface area contributed by atoms with Crippen molar-refractivity contribution in [3.8, 4) is 10.7 Å². The number of nitrogens with zero attached hydrogens (tertiary/aromatic N) is 3. The molecule has 2 aromatic heterocycles. The van der Waals surface area contributed by atoms with Crippen molar-refractivity contribution < 1.29 is 9.32 Å². The topological polar surface area (TPSA) is 59.2 Å². The van der Waals surface area contributed by atoms with Gasteiger partial charge in [-0.3, -0.25) is 4.79 Å². The summed E-state index contributed by atoms with van der Waals surface area (Å²) in [5.74, 6) is 1.02. The smallest absolute Gasteiger partial charge is 0.232 e. The molecule has 0 N–H and O–H groups in total. The number of benzene rings is 1. The van der Waals surface area contributed by atoms with Gasteiger partial charge in [0.15, 0.2) is 0 Å². The molecule has 3 aromatic rings. The molecular weight excluding hydrogens is 334 g/mol. The van der Waals surface area contributed by atoms with Gasteiger partial charge in [0.2, 0.25) is 17.6 Å². The standard InChI is InChI=1S/C16H12ClN3O2S/c17-11-3-1-4-12(8-11)20-9-10(7-14(20)21)16-18-15(19-22-16)13-5-2-6-23-13/h1-6,8,10H,7,9H2/t10-/m0/s1. The first-order chi connectivity index (χ1) is 11.2. The normalized spacial score (nSPS) is 17.9. The number of rotatable bonds is 3. The Morgan fingerprint density at radius 1 is 1.30 bits per heavy atom. The van der Waals surface area contributed by atoms with E-state index in [1.807, 2.05) is 29.6 Å². The van der Waals surface area contributed by atoms with E-state index in [0.29, 0.717) is 29.7 Å². The minimum atomic E-state index is -0.0947. The first-order valence-electron chi connectivity index (χ1n) is 7.14. The van der Waals surface area contributed by atoms with Crippen LogP contribution in [0.3, 0.4) is 0 Å². The number of carbonyl (C=O) groups is 1. The molecule has 1 fully saturated rings. The summed E-state index contributed by atoms with van der Waals surface area (Å²) in [4.78, 5) is 19.4. The monoisotopic (exact) mass is 345 g/mol. The van der Waals surface area contributed by atoms with Crippen LogP contribution >= 0.6 is 22.9 Å². The molecule has 23 heavy (non-hydrogen) atoms. The van der Waals surface area contributed by atoms with E-state index >= 15 is 0 Å². The van der Waals surface area contributed by atoms with Gasteiger partial charge in [0.25, 0.3) is 0 Å². The average Bonchev–Trinajstić information content (AvgIpc) is 3.27. The lowest BCUT2D eigenvalue weighted by Crippen LogP contribution is -2.24. The minimum absolute atomic E-state index is 0.0353. The van der Waals surface area contributed by atoms with Gasteiger partial charge in [-0.15, -0.1) is 11.3 Å². The van der Waals surface area contributed by atoms with Crippen molar-refractivity contribution in [3.05, 3.63) is 52.7 Å². The van der Waals surface area contributed by atoms with E-state index in [4.69, 9.17) is 16.1 Å². The van der Waals surface area contributed by atoms with Crippen molar-refractivity contribution in [3.63, 3.8) is 0 Å². The molecule has 4 rings (SSSR count). The molecule has 0 aliphatic carbocycles. The Bertz CT molecular complexity index is 847. The molecule has 0 unspecified atom stereocenters. The third kappa shape index (κ3) is 2.75. The zero-order chi connectivity index (χ0) is 15.8. The Morgan fingerprint density at radius 2 is 2.22 bits per heavy atom. The fourth-order valence-electron chi connectivity index (χ4n) is 2.67. The number of aromatic nitrogens is 2.